The first-order valence-electron chi connectivity index (χ1n) is 8.39. The van der Waals surface area contributed by atoms with E-state index in [1.165, 1.54) is 11.3 Å². The average Bonchev–Trinajstić information content (AvgIpc) is 3.08. The van der Waals surface area contributed by atoms with Crippen molar-refractivity contribution >= 4 is 31.4 Å². The Morgan fingerprint density at radius 3 is 2.75 bits per heavy atom. The Balaban J connectivity index is 1.98. The van der Waals surface area contributed by atoms with Crippen LogP contribution in [0.3, 0.4) is 0 Å². The molecule has 0 spiro atoms. The molecule has 2 heterocycles. The monoisotopic (exact) mass is 394 g/mol. The molecule has 1 saturated heterocycles. The molecular formula is C15H26N2O4S3. The molecule has 0 amide bonds. The minimum atomic E-state index is -3.47. The van der Waals surface area contributed by atoms with Gasteiger partial charge in [0, 0.05) is 19.1 Å². The molecule has 0 saturated carbocycles. The summed E-state index contributed by atoms with van der Waals surface area (Å²) in [5, 5.41) is 1.76. The molecule has 9 heteroatoms. The van der Waals surface area contributed by atoms with Gasteiger partial charge in [-0.05, 0) is 37.1 Å². The largest absolute Gasteiger partial charge is 0.252 e. The third kappa shape index (κ3) is 5.26. The van der Waals surface area contributed by atoms with Crippen LogP contribution in [-0.2, 0) is 20.0 Å². The van der Waals surface area contributed by atoms with Gasteiger partial charge in [0.25, 0.3) is 10.0 Å². The van der Waals surface area contributed by atoms with Crippen molar-refractivity contribution in [2.24, 2.45) is 0 Å². The first-order valence-corrected chi connectivity index (χ1v) is 12.4. The third-order valence-electron chi connectivity index (χ3n) is 4.20. The summed E-state index contributed by atoms with van der Waals surface area (Å²) in [5.74, 6) is 0.130. The molecule has 1 aromatic rings. The van der Waals surface area contributed by atoms with E-state index in [1.807, 2.05) is 6.92 Å². The van der Waals surface area contributed by atoms with Crippen molar-refractivity contribution in [2.75, 3.05) is 18.8 Å². The van der Waals surface area contributed by atoms with E-state index >= 15 is 0 Å². The van der Waals surface area contributed by atoms with Gasteiger partial charge in [0.1, 0.15) is 4.21 Å². The maximum absolute atomic E-state index is 12.8. The van der Waals surface area contributed by atoms with Crippen molar-refractivity contribution in [3.05, 3.63) is 17.5 Å². The van der Waals surface area contributed by atoms with Crippen LogP contribution in [0.1, 0.15) is 45.4 Å². The number of hydrogen-bond acceptors (Lipinski definition) is 5. The number of nitrogens with one attached hydrogen (secondary N) is 1. The number of unbranched alkanes of at least 4 members (excludes halogenated alkanes) is 1. The molecule has 1 aliphatic heterocycles. The van der Waals surface area contributed by atoms with E-state index in [0.717, 1.165) is 25.7 Å². The summed E-state index contributed by atoms with van der Waals surface area (Å²) >= 11 is 1.22. The SMILES string of the molecule is CCCCS(=O)(=O)NCCC1CCCCN1S(=O)(=O)c1cccs1. The normalized spacial score (nSPS) is 20.3. The highest BCUT2D eigenvalue weighted by molar-refractivity contribution is 7.91. The van der Waals surface area contributed by atoms with Gasteiger partial charge in [0.05, 0.1) is 5.75 Å². The number of sulfonamides is 2. The van der Waals surface area contributed by atoms with Gasteiger partial charge in [-0.25, -0.2) is 21.6 Å². The summed E-state index contributed by atoms with van der Waals surface area (Å²) in [6.07, 6.45) is 4.58. The van der Waals surface area contributed by atoms with Crippen LogP contribution in [0.2, 0.25) is 0 Å². The molecule has 0 aliphatic carbocycles. The van der Waals surface area contributed by atoms with Crippen LogP contribution in [0.15, 0.2) is 21.7 Å². The topological polar surface area (TPSA) is 83.6 Å². The highest BCUT2D eigenvalue weighted by atomic mass is 32.2. The highest BCUT2D eigenvalue weighted by Gasteiger charge is 2.33. The Kier molecular flexibility index (Phi) is 7.23. The molecule has 138 valence electrons. The van der Waals surface area contributed by atoms with Gasteiger partial charge in [-0.1, -0.05) is 25.8 Å². The van der Waals surface area contributed by atoms with Gasteiger partial charge >= 0.3 is 0 Å². The molecular weight excluding hydrogens is 368 g/mol. The second-order valence-electron chi connectivity index (χ2n) is 6.05. The van der Waals surface area contributed by atoms with Crippen LogP contribution in [0.4, 0.5) is 0 Å². The van der Waals surface area contributed by atoms with Crippen LogP contribution in [0.25, 0.3) is 0 Å². The van der Waals surface area contributed by atoms with Crippen molar-refractivity contribution in [2.45, 2.75) is 55.7 Å². The smallest absolute Gasteiger partial charge is 0.215 e. The number of thiophene rings is 1. The van der Waals surface area contributed by atoms with E-state index in [2.05, 4.69) is 4.72 Å². The van der Waals surface area contributed by atoms with Gasteiger partial charge < -0.3 is 0 Å². The lowest BCUT2D eigenvalue weighted by atomic mass is 10.0. The first-order chi connectivity index (χ1) is 11.4. The minimum Gasteiger partial charge on any atom is -0.215 e. The van der Waals surface area contributed by atoms with E-state index in [4.69, 9.17) is 0 Å². The lowest BCUT2D eigenvalue weighted by Gasteiger charge is -2.34. The van der Waals surface area contributed by atoms with E-state index in [-0.39, 0.29) is 18.3 Å². The number of piperidine rings is 1. The molecule has 1 unspecified atom stereocenters. The van der Waals surface area contributed by atoms with Crippen LogP contribution < -0.4 is 4.72 Å². The van der Waals surface area contributed by atoms with Gasteiger partial charge in [0.15, 0.2) is 0 Å². The second kappa shape index (κ2) is 8.75. The van der Waals surface area contributed by atoms with Crippen molar-refractivity contribution < 1.29 is 16.8 Å². The summed E-state index contributed by atoms with van der Waals surface area (Å²) in [5.41, 5.74) is 0. The Hall–Kier alpha value is -0.480. The molecule has 0 radical (unpaired) electrons. The molecule has 1 fully saturated rings. The Morgan fingerprint density at radius 1 is 1.29 bits per heavy atom. The Bertz CT molecular complexity index is 699. The van der Waals surface area contributed by atoms with Crippen LogP contribution >= 0.6 is 11.3 Å². The average molecular weight is 395 g/mol. The first kappa shape index (κ1) is 19.8. The number of nitrogens with zero attached hydrogens (tertiary/aromatic N) is 1. The van der Waals surface area contributed by atoms with Crippen LogP contribution in [-0.4, -0.2) is 46.0 Å². The third-order valence-corrected chi connectivity index (χ3v) is 8.99. The lowest BCUT2D eigenvalue weighted by molar-refractivity contribution is 0.242. The maximum atomic E-state index is 12.8. The van der Waals surface area contributed by atoms with E-state index < -0.39 is 20.0 Å². The lowest BCUT2D eigenvalue weighted by Crippen LogP contribution is -2.45. The van der Waals surface area contributed by atoms with Gasteiger partial charge in [-0.3, -0.25) is 0 Å². The number of rotatable bonds is 9. The molecule has 1 aliphatic rings. The van der Waals surface area contributed by atoms with Crippen molar-refractivity contribution in [1.29, 1.82) is 0 Å². The predicted octanol–water partition coefficient (Wildman–Crippen LogP) is 2.40. The fourth-order valence-electron chi connectivity index (χ4n) is 2.89. The molecule has 6 nitrogen and oxygen atoms in total. The molecule has 0 aromatic carbocycles. The minimum absolute atomic E-state index is 0.130. The summed E-state index contributed by atoms with van der Waals surface area (Å²) in [4.78, 5) is 0. The van der Waals surface area contributed by atoms with Crippen LogP contribution in [0.5, 0.6) is 0 Å². The van der Waals surface area contributed by atoms with Crippen molar-refractivity contribution in [3.63, 3.8) is 0 Å². The van der Waals surface area contributed by atoms with Gasteiger partial charge in [-0.15, -0.1) is 11.3 Å². The van der Waals surface area contributed by atoms with Crippen LogP contribution in [0, 0.1) is 0 Å². The molecule has 1 N–H and O–H groups in total. The molecule has 2 rings (SSSR count). The second-order valence-corrected chi connectivity index (χ2v) is 11.0. The zero-order chi connectivity index (χ0) is 17.6. The van der Waals surface area contributed by atoms with E-state index in [0.29, 0.717) is 23.6 Å². The van der Waals surface area contributed by atoms with Crippen molar-refractivity contribution in [1.82, 2.24) is 9.03 Å². The van der Waals surface area contributed by atoms with Gasteiger partial charge in [0.2, 0.25) is 10.0 Å². The Morgan fingerprint density at radius 2 is 2.08 bits per heavy atom. The molecule has 1 atom stereocenters. The van der Waals surface area contributed by atoms with E-state index in [1.54, 1.807) is 21.8 Å². The maximum Gasteiger partial charge on any atom is 0.252 e. The zero-order valence-electron chi connectivity index (χ0n) is 14.0. The quantitative estimate of drug-likeness (QED) is 0.697. The van der Waals surface area contributed by atoms with Gasteiger partial charge in [-0.2, -0.15) is 4.31 Å². The molecule has 1 aromatic heterocycles. The summed E-state index contributed by atoms with van der Waals surface area (Å²) in [6, 6.07) is 3.22. The highest BCUT2D eigenvalue weighted by Crippen LogP contribution is 2.29. The fourth-order valence-corrected chi connectivity index (χ4v) is 6.98. The van der Waals surface area contributed by atoms with Crippen molar-refractivity contribution in [3.8, 4) is 0 Å². The fraction of sp³-hybridized carbons (Fsp3) is 0.733. The van der Waals surface area contributed by atoms with E-state index in [9.17, 15) is 16.8 Å². The standard InChI is InChI=1S/C15H26N2O4S3/c1-2-3-13-23(18,19)16-10-9-14-7-4-5-11-17(14)24(20,21)15-8-6-12-22-15/h6,8,12,14,16H,2-5,7,9-11,13H2,1H3. The molecule has 24 heavy (non-hydrogen) atoms. The summed E-state index contributed by atoms with van der Waals surface area (Å²) < 4.78 is 53.7. The predicted molar refractivity (Wildman–Crippen MR) is 97.2 cm³/mol. The summed E-state index contributed by atoms with van der Waals surface area (Å²) in [7, 11) is -6.73. The summed E-state index contributed by atoms with van der Waals surface area (Å²) in [6.45, 7) is 2.74. The zero-order valence-corrected chi connectivity index (χ0v) is 16.4. The molecule has 0 bridgehead atoms. The Labute approximate surface area is 149 Å². The number of hydrogen-bond donors (Lipinski definition) is 1.